The summed E-state index contributed by atoms with van der Waals surface area (Å²) in [5, 5.41) is 5.79. The smallest absolute Gasteiger partial charge is 0.0345 e. The van der Waals surface area contributed by atoms with E-state index < -0.39 is 0 Å². The van der Waals surface area contributed by atoms with Crippen molar-refractivity contribution >= 4 is 27.3 Å². The molecule has 1 saturated heterocycles. The lowest BCUT2D eigenvalue weighted by molar-refractivity contribution is 0.0585. The summed E-state index contributed by atoms with van der Waals surface area (Å²) in [7, 11) is 0. The fourth-order valence-corrected chi connectivity index (χ4v) is 3.74. The van der Waals surface area contributed by atoms with E-state index in [-0.39, 0.29) is 5.54 Å². The van der Waals surface area contributed by atoms with Gasteiger partial charge in [0.15, 0.2) is 0 Å². The van der Waals surface area contributed by atoms with E-state index in [4.69, 9.17) is 0 Å². The normalized spacial score (nSPS) is 25.1. The lowest BCUT2D eigenvalue weighted by atomic mass is 9.96. The zero-order valence-electron chi connectivity index (χ0n) is 10.8. The van der Waals surface area contributed by atoms with E-state index in [1.807, 2.05) is 11.3 Å². The van der Waals surface area contributed by atoms with E-state index in [0.717, 1.165) is 19.6 Å². The summed E-state index contributed by atoms with van der Waals surface area (Å²) in [6, 6.07) is 2.79. The van der Waals surface area contributed by atoms with E-state index in [1.165, 1.54) is 15.8 Å². The number of piperazine rings is 1. The molecule has 2 heterocycles. The number of halogens is 1. The summed E-state index contributed by atoms with van der Waals surface area (Å²) >= 11 is 5.47. The van der Waals surface area contributed by atoms with Crippen molar-refractivity contribution in [2.45, 2.75) is 45.3 Å². The van der Waals surface area contributed by atoms with Gasteiger partial charge in [0.1, 0.15) is 0 Å². The van der Waals surface area contributed by atoms with E-state index >= 15 is 0 Å². The molecule has 2 rings (SSSR count). The van der Waals surface area contributed by atoms with E-state index in [1.54, 1.807) is 0 Å². The first kappa shape index (κ1) is 13.5. The predicted molar refractivity (Wildman–Crippen MR) is 78.6 cm³/mol. The van der Waals surface area contributed by atoms with Crippen LogP contribution in [0.15, 0.2) is 15.9 Å². The molecule has 1 N–H and O–H groups in total. The standard InChI is InChI=1S/C13H21BrN2S/c1-4-10-7-16(13(2,3)9-15-10)8-12-11(14)5-6-17-12/h5-6,10,15H,4,7-9H2,1-3H3. The molecule has 17 heavy (non-hydrogen) atoms. The number of hydrogen-bond acceptors (Lipinski definition) is 3. The van der Waals surface area contributed by atoms with Gasteiger partial charge in [-0.25, -0.2) is 0 Å². The van der Waals surface area contributed by atoms with Crippen LogP contribution in [0.3, 0.4) is 0 Å². The maximum Gasteiger partial charge on any atom is 0.0345 e. The van der Waals surface area contributed by atoms with Crippen LogP contribution in [-0.2, 0) is 6.54 Å². The summed E-state index contributed by atoms with van der Waals surface area (Å²) in [6.07, 6.45) is 1.21. The van der Waals surface area contributed by atoms with Crippen molar-refractivity contribution in [2.75, 3.05) is 13.1 Å². The van der Waals surface area contributed by atoms with Crippen LogP contribution in [0.5, 0.6) is 0 Å². The zero-order chi connectivity index (χ0) is 12.5. The van der Waals surface area contributed by atoms with Gasteiger partial charge in [0.25, 0.3) is 0 Å². The van der Waals surface area contributed by atoms with Gasteiger partial charge in [-0.15, -0.1) is 11.3 Å². The van der Waals surface area contributed by atoms with Gasteiger partial charge in [0.2, 0.25) is 0 Å². The van der Waals surface area contributed by atoms with Gasteiger partial charge in [-0.05, 0) is 47.6 Å². The molecule has 1 fully saturated rings. The Morgan fingerprint density at radius 1 is 1.59 bits per heavy atom. The van der Waals surface area contributed by atoms with Gasteiger partial charge < -0.3 is 5.32 Å². The lowest BCUT2D eigenvalue weighted by Gasteiger charge is -2.46. The Morgan fingerprint density at radius 3 is 2.94 bits per heavy atom. The molecule has 1 aromatic rings. The van der Waals surface area contributed by atoms with E-state index in [2.05, 4.69) is 58.4 Å². The molecule has 1 aliphatic rings. The van der Waals surface area contributed by atoms with Gasteiger partial charge in [0, 0.05) is 40.6 Å². The summed E-state index contributed by atoms with van der Waals surface area (Å²) in [4.78, 5) is 4.05. The topological polar surface area (TPSA) is 15.3 Å². The molecular weight excluding hydrogens is 296 g/mol. The summed E-state index contributed by atoms with van der Waals surface area (Å²) < 4.78 is 1.25. The third kappa shape index (κ3) is 3.11. The van der Waals surface area contributed by atoms with Crippen molar-refractivity contribution in [3.63, 3.8) is 0 Å². The first-order valence-electron chi connectivity index (χ1n) is 6.23. The quantitative estimate of drug-likeness (QED) is 0.918. The SMILES string of the molecule is CCC1CN(Cc2sccc2Br)C(C)(C)CN1. The minimum absolute atomic E-state index is 0.245. The third-order valence-electron chi connectivity index (χ3n) is 3.64. The van der Waals surface area contributed by atoms with Crippen LogP contribution >= 0.6 is 27.3 Å². The molecule has 0 saturated carbocycles. The van der Waals surface area contributed by atoms with Crippen molar-refractivity contribution in [3.8, 4) is 0 Å². The maximum absolute atomic E-state index is 3.63. The summed E-state index contributed by atoms with van der Waals surface area (Å²) in [6.45, 7) is 10.2. The fraction of sp³-hybridized carbons (Fsp3) is 0.692. The van der Waals surface area contributed by atoms with Crippen molar-refractivity contribution in [3.05, 3.63) is 20.8 Å². The van der Waals surface area contributed by atoms with Crippen LogP contribution in [-0.4, -0.2) is 29.6 Å². The van der Waals surface area contributed by atoms with Crippen LogP contribution in [0, 0.1) is 0 Å². The van der Waals surface area contributed by atoms with Crippen molar-refractivity contribution in [2.24, 2.45) is 0 Å². The molecule has 0 radical (unpaired) electrons. The molecule has 0 aliphatic carbocycles. The second-order valence-electron chi connectivity index (χ2n) is 5.37. The highest BCUT2D eigenvalue weighted by molar-refractivity contribution is 9.10. The van der Waals surface area contributed by atoms with Crippen LogP contribution in [0.4, 0.5) is 0 Å². The number of rotatable bonds is 3. The average molecular weight is 317 g/mol. The third-order valence-corrected chi connectivity index (χ3v) is 5.55. The number of nitrogens with zero attached hydrogens (tertiary/aromatic N) is 1. The Bertz CT molecular complexity index is 375. The first-order valence-corrected chi connectivity index (χ1v) is 7.90. The molecular formula is C13H21BrN2S. The van der Waals surface area contributed by atoms with Gasteiger partial charge >= 0.3 is 0 Å². The molecule has 1 aromatic heterocycles. The van der Waals surface area contributed by atoms with E-state index in [9.17, 15) is 0 Å². The second-order valence-corrected chi connectivity index (χ2v) is 7.23. The van der Waals surface area contributed by atoms with Gasteiger partial charge in [-0.3, -0.25) is 4.90 Å². The minimum Gasteiger partial charge on any atom is -0.311 e. The average Bonchev–Trinajstić information content (AvgIpc) is 2.67. The van der Waals surface area contributed by atoms with Crippen LogP contribution in [0.2, 0.25) is 0 Å². The van der Waals surface area contributed by atoms with Gasteiger partial charge in [-0.2, -0.15) is 0 Å². The molecule has 0 spiro atoms. The maximum atomic E-state index is 3.63. The lowest BCUT2D eigenvalue weighted by Crippen LogP contribution is -2.61. The molecule has 96 valence electrons. The Balaban J connectivity index is 2.09. The Labute approximate surface area is 117 Å². The van der Waals surface area contributed by atoms with Crippen LogP contribution < -0.4 is 5.32 Å². The molecule has 2 nitrogen and oxygen atoms in total. The summed E-state index contributed by atoms with van der Waals surface area (Å²) in [5.41, 5.74) is 0.245. The summed E-state index contributed by atoms with van der Waals surface area (Å²) in [5.74, 6) is 0. The van der Waals surface area contributed by atoms with Gasteiger partial charge in [-0.1, -0.05) is 6.92 Å². The molecule has 1 unspecified atom stereocenters. The number of thiophene rings is 1. The molecule has 1 atom stereocenters. The highest BCUT2D eigenvalue weighted by Gasteiger charge is 2.33. The largest absolute Gasteiger partial charge is 0.311 e. The first-order chi connectivity index (χ1) is 8.03. The van der Waals surface area contributed by atoms with Crippen LogP contribution in [0.1, 0.15) is 32.1 Å². The fourth-order valence-electron chi connectivity index (χ4n) is 2.25. The predicted octanol–water partition coefficient (Wildman–Crippen LogP) is 3.47. The monoisotopic (exact) mass is 316 g/mol. The molecule has 0 amide bonds. The number of hydrogen-bond donors (Lipinski definition) is 1. The molecule has 1 aliphatic heterocycles. The highest BCUT2D eigenvalue weighted by atomic mass is 79.9. The molecule has 0 bridgehead atoms. The number of nitrogens with one attached hydrogen (secondary N) is 1. The van der Waals surface area contributed by atoms with Crippen molar-refractivity contribution in [1.29, 1.82) is 0 Å². The van der Waals surface area contributed by atoms with E-state index in [0.29, 0.717) is 6.04 Å². The van der Waals surface area contributed by atoms with Crippen LogP contribution in [0.25, 0.3) is 0 Å². The molecule has 0 aromatic carbocycles. The zero-order valence-corrected chi connectivity index (χ0v) is 13.2. The van der Waals surface area contributed by atoms with Gasteiger partial charge in [0.05, 0.1) is 0 Å². The Kier molecular flexibility index (Phi) is 4.29. The molecule has 4 heteroatoms. The Hall–Kier alpha value is 0.1000. The van der Waals surface area contributed by atoms with Crippen molar-refractivity contribution in [1.82, 2.24) is 10.2 Å². The highest BCUT2D eigenvalue weighted by Crippen LogP contribution is 2.28. The minimum atomic E-state index is 0.245. The second kappa shape index (κ2) is 5.39. The Morgan fingerprint density at radius 2 is 2.35 bits per heavy atom. The van der Waals surface area contributed by atoms with Crippen molar-refractivity contribution < 1.29 is 0 Å².